The van der Waals surface area contributed by atoms with Gasteiger partial charge in [0.15, 0.2) is 0 Å². The first kappa shape index (κ1) is 24.6. The molecule has 0 atom stereocenters. The number of hydrogen-bond acceptors (Lipinski definition) is 8. The Balaban J connectivity index is 1.53. The molecular weight excluding hydrogens is 440 g/mol. The number of benzene rings is 2. The van der Waals surface area contributed by atoms with Crippen LogP contribution in [0.2, 0.25) is 0 Å². The van der Waals surface area contributed by atoms with E-state index in [9.17, 15) is 9.59 Å². The zero-order valence-corrected chi connectivity index (χ0v) is 19.6. The molecule has 9 heteroatoms. The number of nitrogens with zero attached hydrogens (tertiary/aromatic N) is 2. The fourth-order valence-corrected chi connectivity index (χ4v) is 4.16. The van der Waals surface area contributed by atoms with E-state index < -0.39 is 0 Å². The van der Waals surface area contributed by atoms with Gasteiger partial charge in [-0.2, -0.15) is 0 Å². The summed E-state index contributed by atoms with van der Waals surface area (Å²) in [7, 11) is 1.52. The van der Waals surface area contributed by atoms with Crippen molar-refractivity contribution in [1.82, 2.24) is 4.90 Å². The van der Waals surface area contributed by atoms with Gasteiger partial charge >= 0.3 is 0 Å². The first-order valence-electron chi connectivity index (χ1n) is 11.7. The van der Waals surface area contributed by atoms with Gasteiger partial charge in [0.2, 0.25) is 0 Å². The maximum atomic E-state index is 12.7. The van der Waals surface area contributed by atoms with Crippen molar-refractivity contribution in [2.45, 2.75) is 0 Å². The number of carbonyl (C=O) groups excluding carboxylic acids is 2. The first-order valence-corrected chi connectivity index (χ1v) is 11.7. The molecule has 0 N–H and O–H groups in total. The third kappa shape index (κ3) is 5.73. The highest BCUT2D eigenvalue weighted by molar-refractivity contribution is 6.26. The van der Waals surface area contributed by atoms with Gasteiger partial charge in [0, 0.05) is 47.7 Å². The molecule has 2 aliphatic rings. The standard InChI is InChI=1S/C25H32N2O7/c1-26-24(28)20-4-2-3-19-22(6-5-21(23(19)20)25(26)29)27-7-9-30-11-13-32-15-17-34-18-16-33-14-12-31-10-8-27/h2-6H,7-18H2,1H3. The van der Waals surface area contributed by atoms with E-state index in [2.05, 4.69) is 4.90 Å². The second kappa shape index (κ2) is 12.2. The molecule has 2 aromatic rings. The van der Waals surface area contributed by atoms with Crippen molar-refractivity contribution in [3.05, 3.63) is 41.5 Å². The SMILES string of the molecule is CN1C(=O)c2cccc3c(N4CCOCCOCCOCCOCCOCC4)ccc(c23)C1=O. The summed E-state index contributed by atoms with van der Waals surface area (Å²) in [5.41, 5.74) is 2.03. The summed E-state index contributed by atoms with van der Waals surface area (Å²) in [6, 6.07) is 9.35. The second-order valence-corrected chi connectivity index (χ2v) is 8.08. The maximum absolute atomic E-state index is 12.7. The monoisotopic (exact) mass is 472 g/mol. The Morgan fingerprint density at radius 2 is 1.09 bits per heavy atom. The van der Waals surface area contributed by atoms with E-state index >= 15 is 0 Å². The highest BCUT2D eigenvalue weighted by Gasteiger charge is 2.31. The van der Waals surface area contributed by atoms with Crippen LogP contribution in [0.25, 0.3) is 10.8 Å². The van der Waals surface area contributed by atoms with Gasteiger partial charge in [0.05, 0.1) is 66.1 Å². The van der Waals surface area contributed by atoms with Crippen LogP contribution in [0, 0.1) is 0 Å². The van der Waals surface area contributed by atoms with Crippen LogP contribution in [0.15, 0.2) is 30.3 Å². The summed E-state index contributed by atoms with van der Waals surface area (Å²) >= 11 is 0. The maximum Gasteiger partial charge on any atom is 0.261 e. The molecule has 2 aromatic carbocycles. The van der Waals surface area contributed by atoms with E-state index in [1.165, 1.54) is 11.9 Å². The molecule has 2 aliphatic heterocycles. The highest BCUT2D eigenvalue weighted by Crippen LogP contribution is 2.35. The van der Waals surface area contributed by atoms with Crippen molar-refractivity contribution in [1.29, 1.82) is 0 Å². The van der Waals surface area contributed by atoms with E-state index in [0.717, 1.165) is 11.1 Å². The van der Waals surface area contributed by atoms with Crippen LogP contribution < -0.4 is 4.90 Å². The Morgan fingerprint density at radius 1 is 0.618 bits per heavy atom. The number of hydrogen-bond donors (Lipinski definition) is 0. The summed E-state index contributed by atoms with van der Waals surface area (Å²) in [6.45, 7) is 6.35. The van der Waals surface area contributed by atoms with Crippen LogP contribution in [0.4, 0.5) is 5.69 Å². The van der Waals surface area contributed by atoms with Crippen LogP contribution in [0.1, 0.15) is 20.7 Å². The molecule has 2 heterocycles. The molecular formula is C25H32N2O7. The van der Waals surface area contributed by atoms with Crippen LogP contribution >= 0.6 is 0 Å². The molecule has 0 saturated carbocycles. The minimum Gasteiger partial charge on any atom is -0.377 e. The molecule has 0 aromatic heterocycles. The molecule has 1 fully saturated rings. The van der Waals surface area contributed by atoms with Crippen molar-refractivity contribution in [3.63, 3.8) is 0 Å². The Kier molecular flexibility index (Phi) is 8.84. The van der Waals surface area contributed by atoms with Crippen molar-refractivity contribution in [2.75, 3.05) is 91.1 Å². The molecule has 34 heavy (non-hydrogen) atoms. The van der Waals surface area contributed by atoms with Gasteiger partial charge in [-0.25, -0.2) is 0 Å². The van der Waals surface area contributed by atoms with Gasteiger partial charge in [-0.15, -0.1) is 0 Å². The van der Waals surface area contributed by atoms with E-state index in [-0.39, 0.29) is 11.8 Å². The molecule has 0 radical (unpaired) electrons. The number of ether oxygens (including phenoxy) is 5. The highest BCUT2D eigenvalue weighted by atomic mass is 16.6. The number of rotatable bonds is 1. The lowest BCUT2D eigenvalue weighted by molar-refractivity contribution is -0.0116. The summed E-state index contributed by atoms with van der Waals surface area (Å²) in [5, 5.41) is 1.58. The molecule has 0 aliphatic carbocycles. The average molecular weight is 473 g/mol. The third-order valence-electron chi connectivity index (χ3n) is 5.93. The van der Waals surface area contributed by atoms with Gasteiger partial charge in [-0.05, 0) is 18.2 Å². The van der Waals surface area contributed by atoms with Crippen molar-refractivity contribution < 1.29 is 33.3 Å². The fourth-order valence-electron chi connectivity index (χ4n) is 4.16. The largest absolute Gasteiger partial charge is 0.377 e. The molecule has 2 amide bonds. The van der Waals surface area contributed by atoms with Crippen LogP contribution in [0.3, 0.4) is 0 Å². The van der Waals surface area contributed by atoms with Gasteiger partial charge in [-0.1, -0.05) is 12.1 Å². The lowest BCUT2D eigenvalue weighted by atomic mass is 9.93. The zero-order valence-electron chi connectivity index (χ0n) is 19.6. The van der Waals surface area contributed by atoms with Gasteiger partial charge in [0.25, 0.3) is 11.8 Å². The molecule has 0 bridgehead atoms. The minimum absolute atomic E-state index is 0.281. The Morgan fingerprint density at radius 3 is 1.62 bits per heavy atom. The zero-order chi connectivity index (χ0) is 23.8. The van der Waals surface area contributed by atoms with Crippen molar-refractivity contribution in [2.24, 2.45) is 0 Å². The average Bonchev–Trinajstić information content (AvgIpc) is 2.85. The minimum atomic E-state index is -0.281. The molecule has 0 spiro atoms. The fraction of sp³-hybridized carbons (Fsp3) is 0.520. The summed E-state index contributed by atoms with van der Waals surface area (Å²) in [6.07, 6.45) is 0. The Labute approximate surface area is 199 Å². The van der Waals surface area contributed by atoms with Crippen molar-refractivity contribution >= 4 is 28.3 Å². The number of anilines is 1. The lowest BCUT2D eigenvalue weighted by Gasteiger charge is -2.29. The normalized spacial score (nSPS) is 20.3. The quantitative estimate of drug-likeness (QED) is 0.583. The van der Waals surface area contributed by atoms with E-state index in [4.69, 9.17) is 23.7 Å². The van der Waals surface area contributed by atoms with E-state index in [1.54, 1.807) is 6.07 Å². The van der Waals surface area contributed by atoms with Crippen molar-refractivity contribution in [3.8, 4) is 0 Å². The first-order chi connectivity index (χ1) is 16.7. The number of amides is 2. The Hall–Kier alpha value is -2.56. The van der Waals surface area contributed by atoms with Gasteiger partial charge < -0.3 is 28.6 Å². The molecule has 184 valence electrons. The van der Waals surface area contributed by atoms with E-state index in [0.29, 0.717) is 95.7 Å². The topological polar surface area (TPSA) is 86.8 Å². The smallest absolute Gasteiger partial charge is 0.261 e. The Bertz CT molecular complexity index is 956. The van der Waals surface area contributed by atoms with Crippen LogP contribution in [-0.4, -0.2) is 103 Å². The predicted molar refractivity (Wildman–Crippen MR) is 127 cm³/mol. The molecule has 4 rings (SSSR count). The summed E-state index contributed by atoms with van der Waals surface area (Å²) in [5.74, 6) is -0.561. The molecule has 0 unspecified atom stereocenters. The van der Waals surface area contributed by atoms with Gasteiger partial charge in [0.1, 0.15) is 0 Å². The third-order valence-corrected chi connectivity index (χ3v) is 5.93. The summed E-state index contributed by atoms with van der Waals surface area (Å²) in [4.78, 5) is 28.8. The predicted octanol–water partition coefficient (Wildman–Crippen LogP) is 1.97. The lowest BCUT2D eigenvalue weighted by Crippen LogP contribution is -2.37. The van der Waals surface area contributed by atoms with Crippen LogP contribution in [-0.2, 0) is 23.7 Å². The van der Waals surface area contributed by atoms with Gasteiger partial charge in [-0.3, -0.25) is 14.5 Å². The molecule has 9 nitrogen and oxygen atoms in total. The molecule has 1 saturated heterocycles. The number of imide groups is 1. The van der Waals surface area contributed by atoms with Crippen LogP contribution in [0.5, 0.6) is 0 Å². The number of carbonyl (C=O) groups is 2. The van der Waals surface area contributed by atoms with E-state index in [1.807, 2.05) is 24.3 Å². The second-order valence-electron chi connectivity index (χ2n) is 8.08. The summed E-state index contributed by atoms with van der Waals surface area (Å²) < 4.78 is 28.1.